The Balaban J connectivity index is 1.27. The third kappa shape index (κ3) is 4.62. The molecule has 0 saturated carbocycles. The predicted molar refractivity (Wildman–Crippen MR) is 120 cm³/mol. The number of anilines is 1. The van der Waals surface area contributed by atoms with Crippen LogP contribution in [-0.4, -0.2) is 47.7 Å². The monoisotopic (exact) mass is 431 g/mol. The fourth-order valence-electron chi connectivity index (χ4n) is 3.25. The van der Waals surface area contributed by atoms with Crippen LogP contribution in [0.5, 0.6) is 0 Å². The molecule has 1 aliphatic rings. The molecule has 1 aromatic heterocycles. The summed E-state index contributed by atoms with van der Waals surface area (Å²) in [6.07, 6.45) is 0.563. The number of thioether (sulfide) groups is 1. The molecule has 0 atom stereocenters. The van der Waals surface area contributed by atoms with Crippen molar-refractivity contribution in [3.8, 4) is 0 Å². The fourth-order valence-corrected chi connectivity index (χ4v) is 5.33. The number of hydrogen-bond acceptors (Lipinski definition) is 5. The first kappa shape index (κ1) is 19.6. The van der Waals surface area contributed by atoms with Gasteiger partial charge in [0.2, 0.25) is 5.91 Å². The SMILES string of the molecule is Cc1ccc2nc(N3CCN(C(=O)CCSc4ccc(Cl)cc4)CC3)sc2c1. The van der Waals surface area contributed by atoms with E-state index in [1.807, 2.05) is 29.2 Å². The molecule has 0 unspecified atom stereocenters. The van der Waals surface area contributed by atoms with Gasteiger partial charge in [-0.3, -0.25) is 4.79 Å². The quantitative estimate of drug-likeness (QED) is 0.527. The van der Waals surface area contributed by atoms with Gasteiger partial charge in [0, 0.05) is 48.3 Å². The van der Waals surface area contributed by atoms with Gasteiger partial charge in [-0.1, -0.05) is 29.0 Å². The maximum Gasteiger partial charge on any atom is 0.223 e. The van der Waals surface area contributed by atoms with Crippen LogP contribution < -0.4 is 4.90 Å². The van der Waals surface area contributed by atoms with Crippen molar-refractivity contribution < 1.29 is 4.79 Å². The van der Waals surface area contributed by atoms with Crippen LogP contribution in [0, 0.1) is 6.92 Å². The summed E-state index contributed by atoms with van der Waals surface area (Å²) in [6, 6.07) is 14.1. The van der Waals surface area contributed by atoms with Gasteiger partial charge in [-0.05, 0) is 48.9 Å². The Bertz CT molecular complexity index is 965. The van der Waals surface area contributed by atoms with E-state index in [0.29, 0.717) is 6.42 Å². The van der Waals surface area contributed by atoms with Crippen molar-refractivity contribution >= 4 is 56.0 Å². The highest BCUT2D eigenvalue weighted by atomic mass is 35.5. The van der Waals surface area contributed by atoms with Crippen LogP contribution in [0.15, 0.2) is 47.4 Å². The second kappa shape index (κ2) is 8.72. The first-order valence-electron chi connectivity index (χ1n) is 9.37. The highest BCUT2D eigenvalue weighted by Gasteiger charge is 2.22. The van der Waals surface area contributed by atoms with Crippen LogP contribution in [0.3, 0.4) is 0 Å². The maximum absolute atomic E-state index is 12.5. The molecule has 28 heavy (non-hydrogen) atoms. The summed E-state index contributed by atoms with van der Waals surface area (Å²) in [5.74, 6) is 1.03. The number of fused-ring (bicyclic) bond motifs is 1. The number of carbonyl (C=O) groups excluding carboxylic acids is 1. The van der Waals surface area contributed by atoms with Crippen molar-refractivity contribution in [2.24, 2.45) is 0 Å². The molecule has 2 heterocycles. The summed E-state index contributed by atoms with van der Waals surface area (Å²) in [6.45, 7) is 5.32. The average molecular weight is 432 g/mol. The van der Waals surface area contributed by atoms with Crippen LogP contribution in [0.2, 0.25) is 5.02 Å². The number of aromatic nitrogens is 1. The topological polar surface area (TPSA) is 36.4 Å². The number of rotatable bonds is 5. The molecule has 7 heteroatoms. The van der Waals surface area contributed by atoms with Crippen LogP contribution >= 0.6 is 34.7 Å². The number of hydrogen-bond donors (Lipinski definition) is 0. The van der Waals surface area contributed by atoms with E-state index >= 15 is 0 Å². The Kier molecular flexibility index (Phi) is 6.09. The molecule has 1 aliphatic heterocycles. The Morgan fingerprint density at radius 2 is 1.89 bits per heavy atom. The fraction of sp³-hybridized carbons (Fsp3) is 0.333. The van der Waals surface area contributed by atoms with E-state index in [9.17, 15) is 4.79 Å². The van der Waals surface area contributed by atoms with Crippen molar-refractivity contribution in [1.29, 1.82) is 0 Å². The minimum absolute atomic E-state index is 0.237. The van der Waals surface area contributed by atoms with Crippen LogP contribution in [0.25, 0.3) is 10.2 Å². The minimum Gasteiger partial charge on any atom is -0.345 e. The lowest BCUT2D eigenvalue weighted by atomic mass is 10.2. The summed E-state index contributed by atoms with van der Waals surface area (Å²) in [4.78, 5) is 22.7. The molecule has 2 aromatic carbocycles. The molecule has 4 nitrogen and oxygen atoms in total. The smallest absolute Gasteiger partial charge is 0.223 e. The molecule has 0 bridgehead atoms. The van der Waals surface area contributed by atoms with Gasteiger partial charge in [-0.15, -0.1) is 11.8 Å². The second-order valence-corrected chi connectivity index (χ2v) is 9.50. The molecule has 1 amide bonds. The minimum atomic E-state index is 0.237. The van der Waals surface area contributed by atoms with Crippen molar-refractivity contribution in [2.75, 3.05) is 36.8 Å². The van der Waals surface area contributed by atoms with E-state index in [4.69, 9.17) is 16.6 Å². The number of benzene rings is 2. The number of carbonyl (C=O) groups is 1. The zero-order valence-electron chi connectivity index (χ0n) is 15.7. The van der Waals surface area contributed by atoms with Crippen molar-refractivity contribution in [3.05, 3.63) is 53.1 Å². The number of aryl methyl sites for hydroxylation is 1. The first-order chi connectivity index (χ1) is 13.6. The second-order valence-electron chi connectivity index (χ2n) is 6.89. The van der Waals surface area contributed by atoms with E-state index in [-0.39, 0.29) is 5.91 Å². The molecule has 0 spiro atoms. The third-order valence-corrected chi connectivity index (χ3v) is 7.18. The lowest BCUT2D eigenvalue weighted by molar-refractivity contribution is -0.131. The summed E-state index contributed by atoms with van der Waals surface area (Å²) >= 11 is 9.34. The van der Waals surface area contributed by atoms with Gasteiger partial charge in [0.05, 0.1) is 10.2 Å². The van der Waals surface area contributed by atoms with Gasteiger partial charge in [0.15, 0.2) is 5.13 Å². The standard InChI is InChI=1S/C21H22ClN3OS2/c1-15-2-7-18-19(14-15)28-21(23-18)25-11-9-24(10-12-25)20(26)8-13-27-17-5-3-16(22)4-6-17/h2-7,14H,8-13H2,1H3. The lowest BCUT2D eigenvalue weighted by Gasteiger charge is -2.34. The van der Waals surface area contributed by atoms with Gasteiger partial charge >= 0.3 is 0 Å². The molecule has 3 aromatic rings. The largest absolute Gasteiger partial charge is 0.345 e. The Labute approximate surface area is 178 Å². The number of amides is 1. The molecule has 0 radical (unpaired) electrons. The molecule has 1 fully saturated rings. The zero-order valence-corrected chi connectivity index (χ0v) is 18.1. The Morgan fingerprint density at radius 3 is 2.64 bits per heavy atom. The average Bonchev–Trinajstić information content (AvgIpc) is 3.12. The molecular formula is C21H22ClN3OS2. The van der Waals surface area contributed by atoms with Crippen LogP contribution in [0.4, 0.5) is 5.13 Å². The third-order valence-electron chi connectivity index (χ3n) is 4.83. The summed E-state index contributed by atoms with van der Waals surface area (Å²) in [5, 5.41) is 1.80. The normalized spacial score (nSPS) is 14.6. The predicted octanol–water partition coefficient (Wildman–Crippen LogP) is 5.09. The summed E-state index contributed by atoms with van der Waals surface area (Å²) in [5.41, 5.74) is 2.32. The lowest BCUT2D eigenvalue weighted by Crippen LogP contribution is -2.48. The Morgan fingerprint density at radius 1 is 1.14 bits per heavy atom. The van der Waals surface area contributed by atoms with Gasteiger partial charge in [0.1, 0.15) is 0 Å². The number of piperazine rings is 1. The number of thiazole rings is 1. The molecule has 4 rings (SSSR count). The molecule has 1 saturated heterocycles. The zero-order chi connectivity index (χ0) is 19.5. The molecule has 0 N–H and O–H groups in total. The highest BCUT2D eigenvalue weighted by Crippen LogP contribution is 2.30. The van der Waals surface area contributed by atoms with Gasteiger partial charge in [-0.25, -0.2) is 4.98 Å². The molecule has 0 aliphatic carbocycles. The van der Waals surface area contributed by atoms with Crippen LogP contribution in [-0.2, 0) is 4.79 Å². The van der Waals surface area contributed by atoms with Gasteiger partial charge < -0.3 is 9.80 Å². The highest BCUT2D eigenvalue weighted by molar-refractivity contribution is 7.99. The first-order valence-corrected chi connectivity index (χ1v) is 11.5. The van der Waals surface area contributed by atoms with E-state index in [0.717, 1.165) is 52.5 Å². The number of halogens is 1. The van der Waals surface area contributed by atoms with Gasteiger partial charge in [0.25, 0.3) is 0 Å². The van der Waals surface area contributed by atoms with E-state index in [1.165, 1.54) is 10.3 Å². The maximum atomic E-state index is 12.5. The van der Waals surface area contributed by atoms with Crippen LogP contribution in [0.1, 0.15) is 12.0 Å². The van der Waals surface area contributed by atoms with Gasteiger partial charge in [-0.2, -0.15) is 0 Å². The molecule has 146 valence electrons. The van der Waals surface area contributed by atoms with Crippen molar-refractivity contribution in [1.82, 2.24) is 9.88 Å². The Hall–Kier alpha value is -1.76. The van der Waals surface area contributed by atoms with E-state index in [1.54, 1.807) is 23.1 Å². The van der Waals surface area contributed by atoms with Crippen molar-refractivity contribution in [3.63, 3.8) is 0 Å². The van der Waals surface area contributed by atoms with Crippen molar-refractivity contribution in [2.45, 2.75) is 18.2 Å². The summed E-state index contributed by atoms with van der Waals surface area (Å²) < 4.78 is 1.23. The van der Waals surface area contributed by atoms with E-state index < -0.39 is 0 Å². The number of nitrogens with zero attached hydrogens (tertiary/aromatic N) is 3. The van der Waals surface area contributed by atoms with E-state index in [2.05, 4.69) is 30.0 Å². The molecular weight excluding hydrogens is 410 g/mol. The summed E-state index contributed by atoms with van der Waals surface area (Å²) in [7, 11) is 0.